The highest BCUT2D eigenvalue weighted by Crippen LogP contribution is 2.39. The van der Waals surface area contributed by atoms with Gasteiger partial charge in [0.05, 0.1) is 11.5 Å². The second kappa shape index (κ2) is 6.50. The van der Waals surface area contributed by atoms with Gasteiger partial charge in [-0.15, -0.1) is 0 Å². The maximum absolute atomic E-state index is 11.8. The molecular formula is C14H22ClNO3S. The first-order valence-corrected chi connectivity index (χ1v) is 9.41. The lowest BCUT2D eigenvalue weighted by molar-refractivity contribution is 0.274. The highest BCUT2D eigenvalue weighted by atomic mass is 35.5. The summed E-state index contributed by atoms with van der Waals surface area (Å²) in [7, 11) is -2.97. The molecule has 1 aliphatic carbocycles. The molecule has 0 aliphatic heterocycles. The standard InChI is InChI=1S/C14H22ClNO3S/c1-3-16-13(12-7-8-19-14(12)15)10-5-4-6-11(9-10)20(2,17)18/h7-8,10-11,13,16H,3-6,9H2,1-2H3. The van der Waals surface area contributed by atoms with Crippen molar-refractivity contribution in [3.05, 3.63) is 23.1 Å². The van der Waals surface area contributed by atoms with Crippen molar-refractivity contribution < 1.29 is 12.8 Å². The van der Waals surface area contributed by atoms with Crippen LogP contribution in [0.25, 0.3) is 0 Å². The Kier molecular flexibility index (Phi) is 5.15. The Balaban J connectivity index is 2.19. The summed E-state index contributed by atoms with van der Waals surface area (Å²) in [5.74, 6) is 0.276. The molecule has 3 unspecified atom stereocenters. The molecule has 1 aromatic heterocycles. The molecule has 1 aromatic rings. The molecule has 1 fully saturated rings. The molecule has 6 heteroatoms. The summed E-state index contributed by atoms with van der Waals surface area (Å²) in [6.07, 6.45) is 6.35. The third-order valence-corrected chi connectivity index (χ3v) is 6.10. The fraction of sp³-hybridized carbons (Fsp3) is 0.714. The van der Waals surface area contributed by atoms with E-state index in [9.17, 15) is 8.42 Å². The maximum Gasteiger partial charge on any atom is 0.197 e. The van der Waals surface area contributed by atoms with Gasteiger partial charge in [-0.2, -0.15) is 0 Å². The van der Waals surface area contributed by atoms with Gasteiger partial charge in [-0.1, -0.05) is 13.3 Å². The minimum atomic E-state index is -2.97. The van der Waals surface area contributed by atoms with Crippen LogP contribution in [-0.2, 0) is 9.84 Å². The second-order valence-corrected chi connectivity index (χ2v) is 8.23. The minimum absolute atomic E-state index is 0.0656. The molecule has 0 saturated heterocycles. The van der Waals surface area contributed by atoms with Gasteiger partial charge >= 0.3 is 0 Å². The average molecular weight is 320 g/mol. The fourth-order valence-electron chi connectivity index (χ4n) is 3.15. The first-order chi connectivity index (χ1) is 9.43. The van der Waals surface area contributed by atoms with Crippen molar-refractivity contribution in [3.63, 3.8) is 0 Å². The normalized spacial score (nSPS) is 25.6. The summed E-state index contributed by atoms with van der Waals surface area (Å²) in [6.45, 7) is 2.85. The molecule has 0 spiro atoms. The lowest BCUT2D eigenvalue weighted by Crippen LogP contribution is -2.35. The van der Waals surface area contributed by atoms with E-state index < -0.39 is 9.84 Å². The number of sulfone groups is 1. The first kappa shape index (κ1) is 15.9. The molecule has 1 saturated carbocycles. The fourth-order valence-corrected chi connectivity index (χ4v) is 4.57. The Hall–Kier alpha value is -0.520. The average Bonchev–Trinajstić information content (AvgIpc) is 2.81. The Labute approximate surface area is 125 Å². The SMILES string of the molecule is CCNC(c1ccoc1Cl)C1CCCC(S(C)(=O)=O)C1. The van der Waals surface area contributed by atoms with Crippen LogP contribution in [0.5, 0.6) is 0 Å². The molecule has 0 radical (unpaired) electrons. The van der Waals surface area contributed by atoms with E-state index >= 15 is 0 Å². The Bertz CT molecular complexity index is 540. The van der Waals surface area contributed by atoms with E-state index in [1.165, 1.54) is 6.26 Å². The molecule has 4 nitrogen and oxygen atoms in total. The second-order valence-electron chi connectivity index (χ2n) is 5.56. The molecule has 1 N–H and O–H groups in total. The van der Waals surface area contributed by atoms with Gasteiger partial charge in [0.1, 0.15) is 9.84 Å². The van der Waals surface area contributed by atoms with Crippen LogP contribution < -0.4 is 5.32 Å². The lowest BCUT2D eigenvalue weighted by atomic mass is 9.81. The van der Waals surface area contributed by atoms with Gasteiger partial charge in [-0.05, 0) is 49.4 Å². The zero-order valence-corrected chi connectivity index (χ0v) is 13.5. The van der Waals surface area contributed by atoms with Gasteiger partial charge in [0.2, 0.25) is 0 Å². The van der Waals surface area contributed by atoms with Crippen molar-refractivity contribution >= 4 is 21.4 Å². The van der Waals surface area contributed by atoms with Gasteiger partial charge in [0.15, 0.2) is 5.22 Å². The number of nitrogens with one attached hydrogen (secondary N) is 1. The first-order valence-electron chi connectivity index (χ1n) is 7.08. The van der Waals surface area contributed by atoms with Crippen molar-refractivity contribution in [1.82, 2.24) is 5.32 Å². The number of hydrogen-bond acceptors (Lipinski definition) is 4. The van der Waals surface area contributed by atoms with Gasteiger partial charge in [0.25, 0.3) is 0 Å². The summed E-state index contributed by atoms with van der Waals surface area (Å²) >= 11 is 6.09. The van der Waals surface area contributed by atoms with Crippen molar-refractivity contribution in [2.75, 3.05) is 12.8 Å². The number of hydrogen-bond donors (Lipinski definition) is 1. The predicted molar refractivity (Wildman–Crippen MR) is 80.7 cm³/mol. The van der Waals surface area contributed by atoms with Gasteiger partial charge < -0.3 is 9.73 Å². The molecule has 3 atom stereocenters. The van der Waals surface area contributed by atoms with Crippen LogP contribution in [0, 0.1) is 5.92 Å². The molecule has 0 aromatic carbocycles. The van der Waals surface area contributed by atoms with Gasteiger partial charge in [0, 0.05) is 17.9 Å². The lowest BCUT2D eigenvalue weighted by Gasteiger charge is -2.34. The van der Waals surface area contributed by atoms with Crippen molar-refractivity contribution in [2.24, 2.45) is 5.92 Å². The summed E-state index contributed by atoms with van der Waals surface area (Å²) in [4.78, 5) is 0. The smallest absolute Gasteiger partial charge is 0.197 e. The summed E-state index contributed by atoms with van der Waals surface area (Å²) in [5, 5.41) is 3.60. The third-order valence-electron chi connectivity index (χ3n) is 4.15. The van der Waals surface area contributed by atoms with Crippen molar-refractivity contribution in [2.45, 2.75) is 43.9 Å². The third kappa shape index (κ3) is 3.57. The van der Waals surface area contributed by atoms with E-state index in [1.807, 2.05) is 13.0 Å². The molecule has 114 valence electrons. The molecule has 1 heterocycles. The quantitative estimate of drug-likeness (QED) is 0.905. The van der Waals surface area contributed by atoms with Crippen molar-refractivity contribution in [3.8, 4) is 0 Å². The van der Waals surface area contributed by atoms with Crippen molar-refractivity contribution in [1.29, 1.82) is 0 Å². The summed E-state index contributed by atoms with van der Waals surface area (Å²) < 4.78 is 28.8. The zero-order valence-electron chi connectivity index (χ0n) is 11.9. The monoisotopic (exact) mass is 319 g/mol. The van der Waals surface area contributed by atoms with Crippen LogP contribution in [0.2, 0.25) is 5.22 Å². The number of rotatable bonds is 5. The van der Waals surface area contributed by atoms with Crippen LogP contribution in [0.3, 0.4) is 0 Å². The van der Waals surface area contributed by atoms with E-state index in [-0.39, 0.29) is 17.2 Å². The largest absolute Gasteiger partial charge is 0.453 e. The molecule has 2 rings (SSSR count). The number of halogens is 1. The van der Waals surface area contributed by atoms with E-state index in [1.54, 1.807) is 6.26 Å². The topological polar surface area (TPSA) is 59.3 Å². The van der Waals surface area contributed by atoms with Crippen LogP contribution in [0.1, 0.15) is 44.2 Å². The molecular weight excluding hydrogens is 298 g/mol. The Morgan fingerprint density at radius 3 is 2.80 bits per heavy atom. The van der Waals surface area contributed by atoms with Crippen LogP contribution in [0.4, 0.5) is 0 Å². The van der Waals surface area contributed by atoms with E-state index in [0.29, 0.717) is 11.6 Å². The number of furan rings is 1. The predicted octanol–water partition coefficient (Wildman–Crippen LogP) is 3.19. The summed E-state index contributed by atoms with van der Waals surface area (Å²) in [6, 6.07) is 1.94. The van der Waals surface area contributed by atoms with Crippen LogP contribution in [0.15, 0.2) is 16.7 Å². The van der Waals surface area contributed by atoms with Crippen LogP contribution >= 0.6 is 11.6 Å². The van der Waals surface area contributed by atoms with E-state index in [4.69, 9.17) is 16.0 Å². The van der Waals surface area contributed by atoms with E-state index in [0.717, 1.165) is 31.4 Å². The molecule has 1 aliphatic rings. The van der Waals surface area contributed by atoms with Crippen LogP contribution in [-0.4, -0.2) is 26.5 Å². The van der Waals surface area contributed by atoms with Gasteiger partial charge in [-0.25, -0.2) is 8.42 Å². The molecule has 0 bridgehead atoms. The molecule has 0 amide bonds. The minimum Gasteiger partial charge on any atom is -0.453 e. The summed E-state index contributed by atoms with van der Waals surface area (Å²) in [5.41, 5.74) is 0.938. The van der Waals surface area contributed by atoms with E-state index in [2.05, 4.69) is 5.32 Å². The Morgan fingerprint density at radius 2 is 2.25 bits per heavy atom. The Morgan fingerprint density at radius 1 is 1.50 bits per heavy atom. The maximum atomic E-state index is 11.8. The zero-order chi connectivity index (χ0) is 14.8. The molecule has 20 heavy (non-hydrogen) atoms. The highest BCUT2D eigenvalue weighted by Gasteiger charge is 2.34. The highest BCUT2D eigenvalue weighted by molar-refractivity contribution is 7.91. The van der Waals surface area contributed by atoms with Gasteiger partial charge in [-0.3, -0.25) is 0 Å².